The van der Waals surface area contributed by atoms with Crippen LogP contribution in [0.15, 0.2) is 54.6 Å². The molecule has 0 amide bonds. The Bertz CT molecular complexity index is 694. The van der Waals surface area contributed by atoms with E-state index in [9.17, 15) is 9.59 Å². The molecule has 172 valence electrons. The van der Waals surface area contributed by atoms with E-state index in [0.717, 1.165) is 44.4 Å². The van der Waals surface area contributed by atoms with Gasteiger partial charge >= 0.3 is 5.97 Å². The van der Waals surface area contributed by atoms with Gasteiger partial charge in [-0.2, -0.15) is 0 Å². The lowest BCUT2D eigenvalue weighted by atomic mass is 10.2. The van der Waals surface area contributed by atoms with Crippen LogP contribution in [0, 0.1) is 0 Å². The Balaban J connectivity index is 0.000000448. The summed E-state index contributed by atoms with van der Waals surface area (Å²) < 4.78 is 5.43. The summed E-state index contributed by atoms with van der Waals surface area (Å²) in [6.07, 6.45) is 5.15. The van der Waals surface area contributed by atoms with E-state index in [1.165, 1.54) is 5.56 Å². The van der Waals surface area contributed by atoms with E-state index in [1.54, 1.807) is 12.1 Å². The SMILES string of the molecule is CCCCOc1ccc(C=O)cc1.NCCC[C@H](N)C(=O)O.NCCc1ccccc1. The summed E-state index contributed by atoms with van der Waals surface area (Å²) in [5, 5.41) is 8.24. The molecule has 2 rings (SSSR count). The molecule has 0 bridgehead atoms. The van der Waals surface area contributed by atoms with Crippen LogP contribution in [0.25, 0.3) is 0 Å². The maximum absolute atomic E-state index is 10.3. The van der Waals surface area contributed by atoms with Crippen LogP contribution in [0.1, 0.15) is 48.5 Å². The first-order valence-electron chi connectivity index (χ1n) is 10.6. The Hall–Kier alpha value is -2.74. The van der Waals surface area contributed by atoms with E-state index in [2.05, 4.69) is 19.1 Å². The largest absolute Gasteiger partial charge is 0.494 e. The molecule has 0 aromatic heterocycles. The van der Waals surface area contributed by atoms with E-state index in [0.29, 0.717) is 24.9 Å². The van der Waals surface area contributed by atoms with E-state index in [1.807, 2.05) is 30.3 Å². The Labute approximate surface area is 185 Å². The van der Waals surface area contributed by atoms with E-state index >= 15 is 0 Å². The molecule has 7 N–H and O–H groups in total. The molecule has 0 heterocycles. The van der Waals surface area contributed by atoms with Gasteiger partial charge in [-0.3, -0.25) is 9.59 Å². The molecular formula is C24H37N3O4. The van der Waals surface area contributed by atoms with Crippen LogP contribution in [0.4, 0.5) is 0 Å². The van der Waals surface area contributed by atoms with E-state index < -0.39 is 12.0 Å². The number of carbonyl (C=O) groups excluding carboxylic acids is 1. The quantitative estimate of drug-likeness (QED) is 0.316. The number of carbonyl (C=O) groups is 2. The molecule has 0 radical (unpaired) electrons. The smallest absolute Gasteiger partial charge is 0.320 e. The van der Waals surface area contributed by atoms with Crippen molar-refractivity contribution >= 4 is 12.3 Å². The zero-order valence-corrected chi connectivity index (χ0v) is 18.4. The normalized spacial score (nSPS) is 10.6. The summed E-state index contributed by atoms with van der Waals surface area (Å²) in [6.45, 7) is 4.11. The van der Waals surface area contributed by atoms with Gasteiger partial charge in [-0.1, -0.05) is 43.7 Å². The number of nitrogens with two attached hydrogens (primary N) is 3. The van der Waals surface area contributed by atoms with Crippen molar-refractivity contribution < 1.29 is 19.4 Å². The molecule has 7 nitrogen and oxygen atoms in total. The average Bonchev–Trinajstić information content (AvgIpc) is 2.80. The third kappa shape index (κ3) is 15.7. The molecule has 0 aliphatic rings. The molecule has 7 heteroatoms. The van der Waals surface area contributed by atoms with Crippen molar-refractivity contribution in [3.63, 3.8) is 0 Å². The fourth-order valence-corrected chi connectivity index (χ4v) is 2.25. The number of ether oxygens (including phenoxy) is 1. The molecule has 31 heavy (non-hydrogen) atoms. The first kappa shape index (κ1) is 28.3. The molecule has 0 aliphatic heterocycles. The van der Waals surface area contributed by atoms with Gasteiger partial charge < -0.3 is 27.0 Å². The lowest BCUT2D eigenvalue weighted by Gasteiger charge is -2.04. The topological polar surface area (TPSA) is 142 Å². The predicted molar refractivity (Wildman–Crippen MR) is 125 cm³/mol. The van der Waals surface area contributed by atoms with Crippen LogP contribution in [0.5, 0.6) is 5.75 Å². The number of rotatable bonds is 11. The van der Waals surface area contributed by atoms with Gasteiger partial charge in [-0.25, -0.2) is 0 Å². The summed E-state index contributed by atoms with van der Waals surface area (Å²) >= 11 is 0. The third-order valence-corrected chi connectivity index (χ3v) is 4.10. The number of hydrogen-bond acceptors (Lipinski definition) is 6. The van der Waals surface area contributed by atoms with Gasteiger partial charge in [-0.05, 0) is 68.6 Å². The van der Waals surface area contributed by atoms with E-state index in [-0.39, 0.29) is 0 Å². The Morgan fingerprint density at radius 2 is 1.68 bits per heavy atom. The highest BCUT2D eigenvalue weighted by molar-refractivity contribution is 5.74. The van der Waals surface area contributed by atoms with Crippen molar-refractivity contribution in [2.75, 3.05) is 19.7 Å². The van der Waals surface area contributed by atoms with Crippen molar-refractivity contribution in [2.45, 2.75) is 45.1 Å². The molecular weight excluding hydrogens is 394 g/mol. The second-order valence-electron chi connectivity index (χ2n) is 6.79. The second kappa shape index (κ2) is 19.2. The van der Waals surface area contributed by atoms with Gasteiger partial charge in [-0.15, -0.1) is 0 Å². The molecule has 2 aromatic rings. The van der Waals surface area contributed by atoms with Crippen molar-refractivity contribution in [3.05, 3.63) is 65.7 Å². The highest BCUT2D eigenvalue weighted by Gasteiger charge is 2.08. The average molecular weight is 432 g/mol. The van der Waals surface area contributed by atoms with Crippen molar-refractivity contribution in [1.82, 2.24) is 0 Å². The fraction of sp³-hybridized carbons (Fsp3) is 0.417. The molecule has 0 unspecified atom stereocenters. The molecule has 0 saturated carbocycles. The minimum atomic E-state index is -0.955. The lowest BCUT2D eigenvalue weighted by Crippen LogP contribution is -2.30. The van der Waals surface area contributed by atoms with Crippen LogP contribution in [-0.2, 0) is 11.2 Å². The molecule has 0 spiro atoms. The van der Waals surface area contributed by atoms with Crippen LogP contribution in [0.3, 0.4) is 0 Å². The maximum Gasteiger partial charge on any atom is 0.320 e. The molecule has 0 fully saturated rings. The van der Waals surface area contributed by atoms with E-state index in [4.69, 9.17) is 27.0 Å². The zero-order chi connectivity index (χ0) is 23.3. The number of unbranched alkanes of at least 4 members (excludes halogenated alkanes) is 1. The van der Waals surface area contributed by atoms with Crippen molar-refractivity contribution in [1.29, 1.82) is 0 Å². The number of carboxylic acid groups (broad SMARTS) is 1. The standard InChI is InChI=1S/C11H14O2.C8H11N.C5H12N2O2/c1-2-3-8-13-11-6-4-10(9-12)5-7-11;9-7-6-8-4-2-1-3-5-8;6-3-1-2-4(7)5(8)9/h4-7,9H,2-3,8H2,1H3;1-5H,6-7,9H2;4H,1-3,6-7H2,(H,8,9)/t;;4-/m..0/s1. The van der Waals surface area contributed by atoms with Gasteiger partial charge in [0.25, 0.3) is 0 Å². The van der Waals surface area contributed by atoms with Gasteiger partial charge in [0.2, 0.25) is 0 Å². The van der Waals surface area contributed by atoms with Gasteiger partial charge in [0.15, 0.2) is 0 Å². The van der Waals surface area contributed by atoms with Gasteiger partial charge in [0.05, 0.1) is 6.61 Å². The first-order chi connectivity index (χ1) is 15.0. The second-order valence-corrected chi connectivity index (χ2v) is 6.79. The van der Waals surface area contributed by atoms with Crippen molar-refractivity contribution in [2.24, 2.45) is 17.2 Å². The molecule has 2 aromatic carbocycles. The zero-order valence-electron chi connectivity index (χ0n) is 18.4. The van der Waals surface area contributed by atoms with Gasteiger partial charge in [0, 0.05) is 5.56 Å². The number of benzene rings is 2. The highest BCUT2D eigenvalue weighted by atomic mass is 16.5. The Morgan fingerprint density at radius 1 is 1.03 bits per heavy atom. The Kier molecular flexibility index (Phi) is 17.5. The predicted octanol–water partition coefficient (Wildman–Crippen LogP) is 3.00. The van der Waals surface area contributed by atoms with Crippen molar-refractivity contribution in [3.8, 4) is 5.75 Å². The lowest BCUT2D eigenvalue weighted by molar-refractivity contribution is -0.138. The molecule has 0 aliphatic carbocycles. The Morgan fingerprint density at radius 3 is 2.16 bits per heavy atom. The van der Waals surface area contributed by atoms with Gasteiger partial charge in [0.1, 0.15) is 18.1 Å². The molecule has 0 saturated heterocycles. The summed E-state index contributed by atoms with van der Waals surface area (Å²) in [6, 6.07) is 16.7. The molecule has 1 atom stereocenters. The number of aliphatic carboxylic acids is 1. The monoisotopic (exact) mass is 431 g/mol. The number of hydrogen-bond donors (Lipinski definition) is 4. The highest BCUT2D eigenvalue weighted by Crippen LogP contribution is 2.11. The fourth-order valence-electron chi connectivity index (χ4n) is 2.25. The van der Waals surface area contributed by atoms with Crippen LogP contribution < -0.4 is 21.9 Å². The minimum absolute atomic E-state index is 0.464. The summed E-state index contributed by atoms with van der Waals surface area (Å²) in [7, 11) is 0. The van der Waals surface area contributed by atoms with Crippen LogP contribution in [0.2, 0.25) is 0 Å². The number of carboxylic acids is 1. The minimum Gasteiger partial charge on any atom is -0.494 e. The number of aldehydes is 1. The third-order valence-electron chi connectivity index (χ3n) is 4.10. The summed E-state index contributed by atoms with van der Waals surface area (Å²) in [5.41, 5.74) is 17.6. The summed E-state index contributed by atoms with van der Waals surface area (Å²) in [5.74, 6) is -0.123. The maximum atomic E-state index is 10.3. The van der Waals surface area contributed by atoms with Crippen LogP contribution >= 0.6 is 0 Å². The first-order valence-corrected chi connectivity index (χ1v) is 10.6. The van der Waals surface area contributed by atoms with Crippen LogP contribution in [-0.4, -0.2) is 43.1 Å². The summed E-state index contributed by atoms with van der Waals surface area (Å²) in [4.78, 5) is 20.4.